The van der Waals surface area contributed by atoms with E-state index in [0.717, 1.165) is 4.90 Å². The average Bonchev–Trinajstić information content (AvgIpc) is 3.48. The van der Waals surface area contributed by atoms with Crippen LogP contribution in [-0.2, 0) is 9.59 Å². The summed E-state index contributed by atoms with van der Waals surface area (Å²) in [5.74, 6) is 0.785. The van der Waals surface area contributed by atoms with Crippen molar-refractivity contribution in [3.8, 4) is 17.2 Å². The van der Waals surface area contributed by atoms with E-state index in [9.17, 15) is 14.4 Å². The van der Waals surface area contributed by atoms with Gasteiger partial charge in [0.2, 0.25) is 12.7 Å². The van der Waals surface area contributed by atoms with Gasteiger partial charge in [0.05, 0.1) is 12.9 Å². The molecule has 3 N–H and O–H groups in total. The number of hydrogen-bond acceptors (Lipinski definition) is 7. The number of ether oxygens (including phenoxy) is 3. The van der Waals surface area contributed by atoms with E-state index >= 15 is 0 Å². The zero-order chi connectivity index (χ0) is 29.3. The molecule has 0 bridgehead atoms. The van der Waals surface area contributed by atoms with E-state index < -0.39 is 11.8 Å². The summed E-state index contributed by atoms with van der Waals surface area (Å²) in [6.07, 6.45) is 1.56. The average molecular weight is 582 g/mol. The highest BCUT2D eigenvalue weighted by molar-refractivity contribution is 8.00. The molecule has 0 unspecified atom stereocenters. The second-order valence-corrected chi connectivity index (χ2v) is 10.1. The van der Waals surface area contributed by atoms with Gasteiger partial charge in [-0.2, -0.15) is 0 Å². The number of nitrogens with one attached hydrogen (secondary N) is 3. The van der Waals surface area contributed by atoms with Crippen LogP contribution >= 0.6 is 11.8 Å². The molecule has 5 rings (SSSR count). The van der Waals surface area contributed by atoms with Crippen molar-refractivity contribution in [1.82, 2.24) is 5.32 Å². The SMILES string of the molecule is COc1ccccc1/C=C(/NC(=O)c1ccccc1)C(=O)Nc1cccc(SCC(=O)Nc2ccc3c(c2)OCO3)c1. The zero-order valence-electron chi connectivity index (χ0n) is 22.6. The molecule has 0 radical (unpaired) electrons. The quantitative estimate of drug-likeness (QED) is 0.166. The molecule has 1 aliphatic rings. The number of fused-ring (bicyclic) bond motifs is 1. The summed E-state index contributed by atoms with van der Waals surface area (Å²) in [4.78, 5) is 39.7. The molecule has 212 valence electrons. The first kappa shape index (κ1) is 28.3. The van der Waals surface area contributed by atoms with E-state index in [4.69, 9.17) is 14.2 Å². The van der Waals surface area contributed by atoms with Crippen LogP contribution in [0, 0.1) is 0 Å². The number of rotatable bonds is 10. The Morgan fingerprint density at radius 3 is 2.43 bits per heavy atom. The van der Waals surface area contributed by atoms with Gasteiger partial charge in [-0.15, -0.1) is 11.8 Å². The first-order valence-electron chi connectivity index (χ1n) is 12.9. The van der Waals surface area contributed by atoms with E-state index in [1.165, 1.54) is 18.9 Å². The number of carbonyl (C=O) groups excluding carboxylic acids is 3. The molecule has 10 heteroatoms. The largest absolute Gasteiger partial charge is 0.496 e. The minimum absolute atomic E-state index is 0.0366. The number of para-hydroxylation sites is 1. The van der Waals surface area contributed by atoms with Gasteiger partial charge in [0, 0.05) is 33.5 Å². The van der Waals surface area contributed by atoms with Gasteiger partial charge in [-0.1, -0.05) is 42.5 Å². The summed E-state index contributed by atoms with van der Waals surface area (Å²) in [5.41, 5.74) is 2.18. The predicted octanol–water partition coefficient (Wildman–Crippen LogP) is 5.56. The smallest absolute Gasteiger partial charge is 0.272 e. The van der Waals surface area contributed by atoms with Crippen LogP contribution in [-0.4, -0.2) is 37.4 Å². The number of anilines is 2. The van der Waals surface area contributed by atoms with Gasteiger partial charge in [0.1, 0.15) is 11.4 Å². The van der Waals surface area contributed by atoms with Gasteiger partial charge < -0.3 is 30.2 Å². The Morgan fingerprint density at radius 1 is 0.833 bits per heavy atom. The van der Waals surface area contributed by atoms with Crippen LogP contribution < -0.4 is 30.2 Å². The second kappa shape index (κ2) is 13.4. The number of methoxy groups -OCH3 is 1. The molecule has 0 fully saturated rings. The van der Waals surface area contributed by atoms with E-state index in [2.05, 4.69) is 16.0 Å². The van der Waals surface area contributed by atoms with Crippen molar-refractivity contribution >= 4 is 46.9 Å². The summed E-state index contributed by atoms with van der Waals surface area (Å²) in [6, 6.07) is 28.1. The van der Waals surface area contributed by atoms with Gasteiger partial charge in [-0.25, -0.2) is 0 Å². The van der Waals surface area contributed by atoms with Crippen molar-refractivity contribution in [2.24, 2.45) is 0 Å². The minimum atomic E-state index is -0.520. The number of benzene rings is 4. The maximum absolute atomic E-state index is 13.4. The van der Waals surface area contributed by atoms with E-state index in [1.54, 1.807) is 84.9 Å². The number of hydrogen-bond donors (Lipinski definition) is 3. The van der Waals surface area contributed by atoms with Crippen LogP contribution in [0.3, 0.4) is 0 Å². The van der Waals surface area contributed by atoms with Crippen LogP contribution in [0.15, 0.2) is 108 Å². The maximum atomic E-state index is 13.4. The number of amides is 3. The molecule has 9 nitrogen and oxygen atoms in total. The lowest BCUT2D eigenvalue weighted by Gasteiger charge is -2.13. The molecule has 4 aromatic carbocycles. The van der Waals surface area contributed by atoms with Crippen molar-refractivity contribution in [2.45, 2.75) is 4.90 Å². The predicted molar refractivity (Wildman–Crippen MR) is 162 cm³/mol. The van der Waals surface area contributed by atoms with Crippen molar-refractivity contribution in [2.75, 3.05) is 30.3 Å². The molecule has 1 aliphatic heterocycles. The van der Waals surface area contributed by atoms with E-state index in [-0.39, 0.29) is 24.2 Å². The fourth-order valence-electron chi connectivity index (χ4n) is 4.07. The third-order valence-corrected chi connectivity index (χ3v) is 7.08. The second-order valence-electron chi connectivity index (χ2n) is 9.01. The molecule has 0 aromatic heterocycles. The third-order valence-electron chi connectivity index (χ3n) is 6.09. The highest BCUT2D eigenvalue weighted by Gasteiger charge is 2.17. The fraction of sp³-hybridized carbons (Fsp3) is 0.0938. The summed E-state index contributed by atoms with van der Waals surface area (Å²) in [7, 11) is 1.54. The Bertz CT molecular complexity index is 1640. The monoisotopic (exact) mass is 581 g/mol. The normalized spacial score (nSPS) is 11.9. The van der Waals surface area contributed by atoms with Gasteiger partial charge in [0.25, 0.3) is 11.8 Å². The highest BCUT2D eigenvalue weighted by atomic mass is 32.2. The topological polar surface area (TPSA) is 115 Å². The van der Waals surface area contributed by atoms with Crippen LogP contribution in [0.1, 0.15) is 15.9 Å². The number of carbonyl (C=O) groups is 3. The molecule has 0 saturated heterocycles. The molecular formula is C32H27N3O6S. The standard InChI is InChI=1S/C32H27N3O6S/c1-39-27-13-6-5-10-22(27)16-26(35-31(37)21-8-3-2-4-9-21)32(38)34-23-11-7-12-25(17-23)42-19-30(36)33-24-14-15-28-29(18-24)41-20-40-28/h2-18H,19-20H2,1H3,(H,33,36)(H,34,38)(H,35,37)/b26-16+. The van der Waals surface area contributed by atoms with E-state index in [0.29, 0.717) is 39.8 Å². The van der Waals surface area contributed by atoms with Crippen molar-refractivity contribution < 1.29 is 28.6 Å². The Morgan fingerprint density at radius 2 is 1.60 bits per heavy atom. The van der Waals surface area contributed by atoms with Crippen molar-refractivity contribution in [3.05, 3.63) is 114 Å². The van der Waals surface area contributed by atoms with E-state index in [1.807, 2.05) is 18.2 Å². The lowest BCUT2D eigenvalue weighted by molar-refractivity contribution is -0.114. The molecule has 0 aliphatic carbocycles. The Kier molecular flexibility index (Phi) is 9.05. The third kappa shape index (κ3) is 7.29. The number of thioether (sulfide) groups is 1. The molecule has 0 atom stereocenters. The van der Waals surface area contributed by atoms with Crippen LogP contribution in [0.25, 0.3) is 6.08 Å². The first-order valence-corrected chi connectivity index (χ1v) is 13.9. The highest BCUT2D eigenvalue weighted by Crippen LogP contribution is 2.34. The lowest BCUT2D eigenvalue weighted by atomic mass is 10.1. The van der Waals surface area contributed by atoms with Gasteiger partial charge in [-0.05, 0) is 54.6 Å². The van der Waals surface area contributed by atoms with Crippen molar-refractivity contribution in [3.63, 3.8) is 0 Å². The molecule has 0 saturated carbocycles. The van der Waals surface area contributed by atoms with Gasteiger partial charge >= 0.3 is 0 Å². The summed E-state index contributed by atoms with van der Waals surface area (Å²) in [5, 5.41) is 8.42. The lowest BCUT2D eigenvalue weighted by Crippen LogP contribution is -2.30. The molecule has 42 heavy (non-hydrogen) atoms. The molecule has 0 spiro atoms. The minimum Gasteiger partial charge on any atom is -0.496 e. The molecule has 3 amide bonds. The van der Waals surface area contributed by atoms with Crippen LogP contribution in [0.2, 0.25) is 0 Å². The molecular weight excluding hydrogens is 554 g/mol. The van der Waals surface area contributed by atoms with Gasteiger partial charge in [-0.3, -0.25) is 14.4 Å². The van der Waals surface area contributed by atoms with Crippen LogP contribution in [0.4, 0.5) is 11.4 Å². The fourth-order valence-corrected chi connectivity index (χ4v) is 4.82. The zero-order valence-corrected chi connectivity index (χ0v) is 23.4. The summed E-state index contributed by atoms with van der Waals surface area (Å²) < 4.78 is 16.1. The Hall–Kier alpha value is -5.22. The first-order chi connectivity index (χ1) is 20.5. The van der Waals surface area contributed by atoms with Crippen LogP contribution in [0.5, 0.6) is 17.2 Å². The van der Waals surface area contributed by atoms with Gasteiger partial charge in [0.15, 0.2) is 11.5 Å². The Balaban J connectivity index is 1.26. The molecule has 4 aromatic rings. The maximum Gasteiger partial charge on any atom is 0.272 e. The molecule has 1 heterocycles. The summed E-state index contributed by atoms with van der Waals surface area (Å²) >= 11 is 1.32. The summed E-state index contributed by atoms with van der Waals surface area (Å²) in [6.45, 7) is 0.159. The Labute approximate surface area is 246 Å². The van der Waals surface area contributed by atoms with Crippen molar-refractivity contribution in [1.29, 1.82) is 0 Å².